The zero-order valence-electron chi connectivity index (χ0n) is 33.5. The number of carbonyl (C=O) groups excluding carboxylic acids is 7. The smallest absolute Gasteiger partial charge is 0.300 e. The molecule has 18 heteroatoms. The van der Waals surface area contributed by atoms with Crippen LogP contribution < -0.4 is 10.6 Å². The fourth-order valence-electron chi connectivity index (χ4n) is 0.443. The average Bonchev–Trinajstić information content (AvgIpc) is 3.06. The normalized spacial score (nSPS) is 5.60. The van der Waals surface area contributed by atoms with E-state index in [0.29, 0.717) is 6.47 Å². The zero-order chi connectivity index (χ0) is 41.0. The Morgan fingerprint density at radius 3 is 0.640 bits per heavy atom. The molecule has 0 rings (SSSR count). The average molecular weight is 919 g/mol. The van der Waals surface area contributed by atoms with Gasteiger partial charge in [-0.2, -0.15) is 0 Å². The largest absolute Gasteiger partial charge is 0.481 e. The summed E-state index contributed by atoms with van der Waals surface area (Å²) in [6.45, 7) is 25.8. The maximum atomic E-state index is 10.3. The van der Waals surface area contributed by atoms with Gasteiger partial charge in [0.05, 0.1) is 7.11 Å². The van der Waals surface area contributed by atoms with E-state index in [2.05, 4.69) is 51.5 Å². The van der Waals surface area contributed by atoms with E-state index in [-0.39, 0.29) is 116 Å². The van der Waals surface area contributed by atoms with Gasteiger partial charge in [-0.3, -0.25) is 48.2 Å². The van der Waals surface area contributed by atoms with Crippen LogP contribution in [-0.2, 0) is 109 Å². The molecule has 0 heterocycles. The summed E-state index contributed by atoms with van der Waals surface area (Å²) in [5.41, 5.74) is 0. The molecule has 0 aromatic heterocycles. The minimum atomic E-state index is -0.833. The van der Waals surface area contributed by atoms with Gasteiger partial charge in [0.2, 0.25) is 35.4 Å². The molecule has 0 aliphatic rings. The van der Waals surface area contributed by atoms with E-state index in [1.54, 1.807) is 14.1 Å². The first kappa shape index (κ1) is 104. The maximum absolute atomic E-state index is 10.3. The number of imide groups is 2. The van der Waals surface area contributed by atoms with Crippen molar-refractivity contribution in [2.75, 3.05) is 35.3 Å². The summed E-state index contributed by atoms with van der Waals surface area (Å²) in [4.78, 5) is 80.6. The summed E-state index contributed by atoms with van der Waals surface area (Å²) in [6.07, 6.45) is 0. The van der Waals surface area contributed by atoms with Crippen LogP contribution >= 0.6 is 24.4 Å². The second-order valence-electron chi connectivity index (χ2n) is 5.66. The van der Waals surface area contributed by atoms with E-state index < -0.39 is 5.97 Å². The number of aliphatic carboxylic acids is 1. The molecule has 0 saturated heterocycles. The summed E-state index contributed by atoms with van der Waals surface area (Å²) < 4.78 is 3.86. The van der Waals surface area contributed by atoms with Crippen LogP contribution in [0.25, 0.3) is 0 Å². The van der Waals surface area contributed by atoms with Crippen molar-refractivity contribution >= 4 is 84.1 Å². The van der Waals surface area contributed by atoms with Crippen LogP contribution in [0, 0.1) is 0 Å². The first-order valence-corrected chi connectivity index (χ1v) is 15.1. The van der Waals surface area contributed by atoms with E-state index in [9.17, 15) is 28.8 Å². The number of methoxy groups -OCH3 is 1. The van der Waals surface area contributed by atoms with Gasteiger partial charge in [0.1, 0.15) is 0 Å². The fourth-order valence-corrected chi connectivity index (χ4v) is 0.443. The first-order chi connectivity index (χ1) is 21.3. The monoisotopic (exact) mass is 918 g/mol. The molecule has 0 aromatic rings. The molecule has 2 radical (unpaired) electrons. The van der Waals surface area contributed by atoms with Crippen molar-refractivity contribution in [1.29, 1.82) is 0 Å². The number of thiocarbonyl (C=S) groups is 2. The second-order valence-corrected chi connectivity index (χ2v) is 5.66. The van der Waals surface area contributed by atoms with Crippen LogP contribution in [-0.4, -0.2) is 110 Å². The van der Waals surface area contributed by atoms with Crippen LogP contribution in [0.15, 0.2) is 0 Å². The van der Waals surface area contributed by atoms with Crippen molar-refractivity contribution in [1.82, 2.24) is 20.4 Å². The van der Waals surface area contributed by atoms with E-state index >= 15 is 0 Å². The molecule has 0 saturated carbocycles. The van der Waals surface area contributed by atoms with Gasteiger partial charge in [-0.15, -0.1) is 0 Å². The Morgan fingerprint density at radius 1 is 0.560 bits per heavy atom. The van der Waals surface area contributed by atoms with E-state index in [4.69, 9.17) is 14.7 Å². The summed E-state index contributed by atoms with van der Waals surface area (Å²) in [6, 6.07) is 0. The summed E-state index contributed by atoms with van der Waals surface area (Å²) in [5, 5.41) is 12.2. The zero-order valence-corrected chi connectivity index (χ0v) is 40.8. The van der Waals surface area contributed by atoms with Crippen molar-refractivity contribution in [3.05, 3.63) is 0 Å². The number of rotatable bonds is 1. The quantitative estimate of drug-likeness (QED) is 0.205. The van der Waals surface area contributed by atoms with Gasteiger partial charge in [0, 0.05) is 142 Å². The first-order valence-electron chi connectivity index (χ1n) is 13.9. The summed E-state index contributed by atoms with van der Waals surface area (Å²) in [5.74, 6) is 3.94. The molecular formula is C32H76N4O10S2Y2. The number of carboxylic acid groups (broad SMARTS) is 1. The van der Waals surface area contributed by atoms with Crippen LogP contribution in [0.3, 0.4) is 0 Å². The van der Waals surface area contributed by atoms with Crippen molar-refractivity contribution in [3.8, 4) is 0 Å². The molecule has 0 bridgehead atoms. The molecule has 0 aliphatic heterocycles. The molecule has 0 fully saturated rings. The van der Waals surface area contributed by atoms with E-state index in [0.717, 1.165) is 16.7 Å². The Kier molecular flexibility index (Phi) is 245. The third-order valence-electron chi connectivity index (χ3n) is 2.69. The predicted octanol–water partition coefficient (Wildman–Crippen LogP) is 6.01. The molecule has 0 unspecified atom stereocenters. The maximum Gasteiger partial charge on any atom is 0.300 e. The third kappa shape index (κ3) is 253. The van der Waals surface area contributed by atoms with E-state index in [1.165, 1.54) is 62.7 Å². The van der Waals surface area contributed by atoms with Gasteiger partial charge in [-0.1, -0.05) is 94.7 Å². The number of ether oxygens (including phenoxy) is 1. The second kappa shape index (κ2) is 118. The van der Waals surface area contributed by atoms with Crippen LogP contribution in [0.5, 0.6) is 0 Å². The van der Waals surface area contributed by atoms with Gasteiger partial charge < -0.3 is 20.5 Å². The molecule has 6 amide bonds. The number of carboxylic acids is 1. The molecule has 302 valence electrons. The fraction of sp³-hybridized carbons (Fsp3) is 0.688. The molecular weight excluding hydrogens is 842 g/mol. The van der Waals surface area contributed by atoms with Crippen molar-refractivity contribution in [2.24, 2.45) is 0 Å². The van der Waals surface area contributed by atoms with Gasteiger partial charge in [0.15, 0.2) is 0 Å². The SMILES string of the molecule is C.C.C=S.C=S.CC.CC.CC.CC.CC(=O)N(C)C(C)=O.CC(=O)N(C)C(C)=O.CC(=O)O.CNC(C)=O.CNC(C)=O.COC=O.[Y].[Y]. The van der Waals surface area contributed by atoms with Crippen LogP contribution in [0.1, 0.15) is 119 Å². The molecule has 14 nitrogen and oxygen atoms in total. The number of amides is 6. The van der Waals surface area contributed by atoms with E-state index in [1.807, 2.05) is 55.4 Å². The van der Waals surface area contributed by atoms with Gasteiger partial charge >= 0.3 is 0 Å². The molecule has 3 N–H and O–H groups in total. The van der Waals surface area contributed by atoms with Gasteiger partial charge in [-0.25, -0.2) is 0 Å². The van der Waals surface area contributed by atoms with Gasteiger partial charge in [0.25, 0.3) is 12.4 Å². The van der Waals surface area contributed by atoms with Gasteiger partial charge in [-0.05, 0) is 11.7 Å². The van der Waals surface area contributed by atoms with Crippen LogP contribution in [0.4, 0.5) is 0 Å². The summed E-state index contributed by atoms with van der Waals surface area (Å²) >= 11 is 7.67. The Morgan fingerprint density at radius 2 is 0.640 bits per heavy atom. The number of hydrogen-bond acceptors (Lipinski definition) is 11. The Bertz CT molecular complexity index is 619. The minimum Gasteiger partial charge on any atom is -0.481 e. The topological polar surface area (TPSA) is 197 Å². The number of nitrogens with one attached hydrogen (secondary N) is 2. The van der Waals surface area contributed by atoms with Crippen molar-refractivity contribution in [3.63, 3.8) is 0 Å². The van der Waals surface area contributed by atoms with Crippen molar-refractivity contribution < 1.29 is 114 Å². The van der Waals surface area contributed by atoms with Crippen molar-refractivity contribution in [2.45, 2.75) is 119 Å². The Balaban J connectivity index is -0.0000000186. The number of nitrogens with zero attached hydrogens (tertiary/aromatic N) is 2. The summed E-state index contributed by atoms with van der Waals surface area (Å²) in [7, 11) is 7.41. The molecule has 0 aromatic carbocycles. The molecule has 50 heavy (non-hydrogen) atoms. The Labute approximate surface area is 368 Å². The Hall–Kier alpha value is -1.45. The molecule has 0 aliphatic carbocycles. The molecule has 0 spiro atoms. The minimum absolute atomic E-state index is 0. The third-order valence-corrected chi connectivity index (χ3v) is 2.69. The predicted molar refractivity (Wildman–Crippen MR) is 212 cm³/mol. The number of carbonyl (C=O) groups is 8. The standard InChI is InChI=1S/2C5H9NO2.2C3H7NO.2C2H4O2.4C2H6.2CH2S.2CH4.2Y/c2*1-4(7)6(3)5(2)8;2*1-3(5)4-2;1-4-2-3;1-2(3)4;6*1-2;;;;/h2*1-3H3;2*1-2H3,(H,4,5);2H,1H3;1H3,(H,3,4);4*1-2H3;2*1H2;2*1H4;;. The molecule has 0 atom stereocenters. The number of hydrogen-bond donors (Lipinski definition) is 3. The van der Waals surface area contributed by atoms with Crippen LogP contribution in [0.2, 0.25) is 0 Å².